The summed E-state index contributed by atoms with van der Waals surface area (Å²) in [4.78, 5) is 22.1. The van der Waals surface area contributed by atoms with Gasteiger partial charge in [0.1, 0.15) is 16.6 Å². The van der Waals surface area contributed by atoms with E-state index in [9.17, 15) is 10.1 Å². The molecule has 0 saturated heterocycles. The van der Waals surface area contributed by atoms with Gasteiger partial charge in [-0.1, -0.05) is 12.1 Å². The largest absolute Gasteiger partial charge is 0.491 e. The monoisotopic (exact) mass is 391 g/mol. The number of ether oxygens (including phenoxy) is 1. The molecule has 0 radical (unpaired) electrons. The lowest BCUT2D eigenvalue weighted by atomic mass is 9.97. The lowest BCUT2D eigenvalue weighted by Crippen LogP contribution is -2.12. The molecule has 6 heteroatoms. The molecule has 2 heterocycles. The summed E-state index contributed by atoms with van der Waals surface area (Å²) in [5.74, 6) is 1.10. The Morgan fingerprint density at radius 2 is 2.04 bits per heavy atom. The summed E-state index contributed by atoms with van der Waals surface area (Å²) in [6.45, 7) is 3.95. The van der Waals surface area contributed by atoms with Gasteiger partial charge in [-0.2, -0.15) is 5.26 Å². The van der Waals surface area contributed by atoms with Gasteiger partial charge in [-0.3, -0.25) is 4.79 Å². The molecule has 0 bridgehead atoms. The zero-order chi connectivity index (χ0) is 19.7. The SMILES string of the molecule is CC(C)Oc1ccc(/C=C(\C#N)c2nc3sc4c(c3c(=O)[nH]2)CCCC4)cc1. The Kier molecular flexibility index (Phi) is 5.01. The highest BCUT2D eigenvalue weighted by molar-refractivity contribution is 7.18. The van der Waals surface area contributed by atoms with Gasteiger partial charge < -0.3 is 9.72 Å². The van der Waals surface area contributed by atoms with Crippen LogP contribution in [0, 0.1) is 11.3 Å². The van der Waals surface area contributed by atoms with Crippen LogP contribution in [0.5, 0.6) is 5.75 Å². The molecule has 5 nitrogen and oxygen atoms in total. The van der Waals surface area contributed by atoms with Crippen LogP contribution in [0.15, 0.2) is 29.1 Å². The highest BCUT2D eigenvalue weighted by atomic mass is 32.1. The molecule has 1 aromatic carbocycles. The van der Waals surface area contributed by atoms with Crippen LogP contribution >= 0.6 is 11.3 Å². The normalized spacial score (nSPS) is 14.1. The van der Waals surface area contributed by atoms with Crippen molar-refractivity contribution in [1.82, 2.24) is 9.97 Å². The van der Waals surface area contributed by atoms with E-state index in [0.29, 0.717) is 16.8 Å². The molecule has 1 N–H and O–H groups in total. The number of hydrogen-bond acceptors (Lipinski definition) is 5. The molecule has 0 fully saturated rings. The van der Waals surface area contributed by atoms with Crippen molar-refractivity contribution in [2.45, 2.75) is 45.6 Å². The maximum atomic E-state index is 12.7. The Morgan fingerprint density at radius 3 is 2.75 bits per heavy atom. The van der Waals surface area contributed by atoms with E-state index >= 15 is 0 Å². The summed E-state index contributed by atoms with van der Waals surface area (Å²) in [6.07, 6.45) is 6.05. The number of aromatic amines is 1. The van der Waals surface area contributed by atoms with Crippen LogP contribution < -0.4 is 10.3 Å². The van der Waals surface area contributed by atoms with Crippen LogP contribution in [-0.4, -0.2) is 16.1 Å². The van der Waals surface area contributed by atoms with Gasteiger partial charge in [-0.05, 0) is 68.9 Å². The Balaban J connectivity index is 1.72. The highest BCUT2D eigenvalue weighted by Crippen LogP contribution is 2.34. The van der Waals surface area contributed by atoms with Gasteiger partial charge in [0.05, 0.1) is 17.1 Å². The molecular weight excluding hydrogens is 370 g/mol. The van der Waals surface area contributed by atoms with Crippen molar-refractivity contribution in [2.24, 2.45) is 0 Å². The average molecular weight is 391 g/mol. The summed E-state index contributed by atoms with van der Waals surface area (Å²) in [6, 6.07) is 9.68. The van der Waals surface area contributed by atoms with Crippen molar-refractivity contribution >= 4 is 33.2 Å². The average Bonchev–Trinajstić information content (AvgIpc) is 3.05. The van der Waals surface area contributed by atoms with Crippen LogP contribution in [0.2, 0.25) is 0 Å². The third-order valence-electron chi connectivity index (χ3n) is 4.76. The quantitative estimate of drug-likeness (QED) is 0.653. The lowest BCUT2D eigenvalue weighted by molar-refractivity contribution is 0.242. The second-order valence-corrected chi connectivity index (χ2v) is 8.29. The number of H-pyrrole nitrogens is 1. The first kappa shape index (κ1) is 18.5. The molecule has 1 aliphatic carbocycles. The topological polar surface area (TPSA) is 78.8 Å². The van der Waals surface area contributed by atoms with Crippen LogP contribution in [0.3, 0.4) is 0 Å². The first-order valence-corrected chi connectivity index (χ1v) is 10.3. The maximum absolute atomic E-state index is 12.7. The minimum Gasteiger partial charge on any atom is -0.491 e. The van der Waals surface area contributed by atoms with Gasteiger partial charge in [0, 0.05) is 4.88 Å². The standard InChI is InChI=1S/C22H21N3O2S/c1-13(2)27-16-9-7-14(8-10-16)11-15(12-23)20-24-21(26)19-17-5-3-4-6-18(17)28-22(19)25-20/h7-11,13H,3-6H2,1-2H3,(H,24,25,26)/b15-11+. The summed E-state index contributed by atoms with van der Waals surface area (Å²) in [7, 11) is 0. The molecule has 0 saturated carbocycles. The molecule has 0 aliphatic heterocycles. The third kappa shape index (κ3) is 3.58. The van der Waals surface area contributed by atoms with E-state index in [-0.39, 0.29) is 11.7 Å². The highest BCUT2D eigenvalue weighted by Gasteiger charge is 2.20. The van der Waals surface area contributed by atoms with E-state index in [1.165, 1.54) is 4.88 Å². The molecule has 2 aromatic heterocycles. The predicted octanol–water partition coefficient (Wildman–Crippen LogP) is 4.71. The molecule has 142 valence electrons. The van der Waals surface area contributed by atoms with Crippen molar-refractivity contribution in [1.29, 1.82) is 5.26 Å². The molecule has 0 atom stereocenters. The van der Waals surface area contributed by atoms with E-state index in [2.05, 4.69) is 16.0 Å². The van der Waals surface area contributed by atoms with E-state index in [1.54, 1.807) is 17.4 Å². The smallest absolute Gasteiger partial charge is 0.260 e. The predicted molar refractivity (Wildman–Crippen MR) is 113 cm³/mol. The van der Waals surface area contributed by atoms with Crippen molar-refractivity contribution in [2.75, 3.05) is 0 Å². The summed E-state index contributed by atoms with van der Waals surface area (Å²) in [5, 5.41) is 10.3. The van der Waals surface area contributed by atoms with Crippen LogP contribution in [0.4, 0.5) is 0 Å². The van der Waals surface area contributed by atoms with E-state index in [1.807, 2.05) is 38.1 Å². The number of nitriles is 1. The first-order valence-electron chi connectivity index (χ1n) is 9.48. The Hall–Kier alpha value is -2.91. The molecular formula is C22H21N3O2S. The third-order valence-corrected chi connectivity index (χ3v) is 5.95. The Morgan fingerprint density at radius 1 is 1.29 bits per heavy atom. The number of benzene rings is 1. The molecule has 4 rings (SSSR count). The molecule has 0 amide bonds. The second kappa shape index (κ2) is 7.61. The van der Waals surface area contributed by atoms with Crippen molar-refractivity contribution in [3.05, 3.63) is 56.4 Å². The minimum absolute atomic E-state index is 0.105. The van der Waals surface area contributed by atoms with Crippen LogP contribution in [0.25, 0.3) is 21.9 Å². The number of allylic oxidation sites excluding steroid dienone is 1. The fourth-order valence-electron chi connectivity index (χ4n) is 3.53. The van der Waals surface area contributed by atoms with Gasteiger partial charge in [-0.25, -0.2) is 4.98 Å². The van der Waals surface area contributed by atoms with Gasteiger partial charge in [0.15, 0.2) is 5.82 Å². The zero-order valence-corrected chi connectivity index (χ0v) is 16.7. The molecule has 0 spiro atoms. The number of aryl methyl sites for hydroxylation is 2. The fourth-order valence-corrected chi connectivity index (χ4v) is 4.79. The van der Waals surface area contributed by atoms with Gasteiger partial charge in [0.25, 0.3) is 5.56 Å². The minimum atomic E-state index is -0.152. The Labute approximate surface area is 167 Å². The second-order valence-electron chi connectivity index (χ2n) is 7.21. The fraction of sp³-hybridized carbons (Fsp3) is 0.318. The summed E-state index contributed by atoms with van der Waals surface area (Å²) >= 11 is 1.59. The number of nitrogens with zero attached hydrogens (tertiary/aromatic N) is 2. The molecule has 28 heavy (non-hydrogen) atoms. The number of rotatable bonds is 4. The van der Waals surface area contributed by atoms with E-state index in [0.717, 1.165) is 47.4 Å². The van der Waals surface area contributed by atoms with E-state index in [4.69, 9.17) is 4.74 Å². The molecule has 3 aromatic rings. The van der Waals surface area contributed by atoms with Crippen molar-refractivity contribution in [3.8, 4) is 11.8 Å². The van der Waals surface area contributed by atoms with E-state index < -0.39 is 0 Å². The van der Waals surface area contributed by atoms with Crippen LogP contribution in [0.1, 0.15) is 48.5 Å². The Bertz CT molecular complexity index is 1150. The number of hydrogen-bond donors (Lipinski definition) is 1. The van der Waals surface area contributed by atoms with Gasteiger partial charge >= 0.3 is 0 Å². The van der Waals surface area contributed by atoms with Crippen molar-refractivity contribution < 1.29 is 4.74 Å². The number of aromatic nitrogens is 2. The first-order chi connectivity index (χ1) is 13.5. The van der Waals surface area contributed by atoms with Gasteiger partial charge in [-0.15, -0.1) is 11.3 Å². The molecule has 1 aliphatic rings. The maximum Gasteiger partial charge on any atom is 0.260 e. The summed E-state index contributed by atoms with van der Waals surface area (Å²) < 4.78 is 5.64. The number of thiophene rings is 1. The molecule has 0 unspecified atom stereocenters. The van der Waals surface area contributed by atoms with Crippen LogP contribution in [-0.2, 0) is 12.8 Å². The van der Waals surface area contributed by atoms with Crippen molar-refractivity contribution in [3.63, 3.8) is 0 Å². The lowest BCUT2D eigenvalue weighted by Gasteiger charge is -2.09. The number of nitrogens with one attached hydrogen (secondary N) is 1. The van der Waals surface area contributed by atoms with Gasteiger partial charge in [0.2, 0.25) is 0 Å². The zero-order valence-electron chi connectivity index (χ0n) is 15.9. The number of fused-ring (bicyclic) bond motifs is 3. The summed E-state index contributed by atoms with van der Waals surface area (Å²) in [5.41, 5.74) is 2.18.